The molecule has 1 saturated carbocycles. The minimum Gasteiger partial charge on any atom is -0.497 e. The molecule has 2 aromatic carbocycles. The Hall–Kier alpha value is -3.28. The number of rotatable bonds is 5. The number of carbonyl (C=O) groups excluding carboxylic acids is 2. The number of ketones is 1. The van der Waals surface area contributed by atoms with Gasteiger partial charge in [-0.3, -0.25) is 9.59 Å². The molecule has 2 aromatic rings. The minimum atomic E-state index is -0.396. The van der Waals surface area contributed by atoms with E-state index in [-0.39, 0.29) is 29.7 Å². The van der Waals surface area contributed by atoms with Gasteiger partial charge >= 0.3 is 0 Å². The highest BCUT2D eigenvalue weighted by Gasteiger charge is 2.42. The Labute approximate surface area is 214 Å². The van der Waals surface area contributed by atoms with Crippen molar-refractivity contribution < 1.29 is 14.3 Å². The van der Waals surface area contributed by atoms with E-state index in [1.54, 1.807) is 7.11 Å². The molecule has 1 unspecified atom stereocenters. The first kappa shape index (κ1) is 24.4. The number of nitrogens with one attached hydrogen (secondary N) is 2. The largest absolute Gasteiger partial charge is 0.497 e. The Morgan fingerprint density at radius 3 is 2.64 bits per heavy atom. The van der Waals surface area contributed by atoms with E-state index < -0.39 is 6.04 Å². The first-order chi connectivity index (χ1) is 17.3. The molecule has 1 amide bonds. The third-order valence-corrected chi connectivity index (χ3v) is 7.70. The number of carbonyl (C=O) groups is 2. The molecule has 3 aliphatic rings. The van der Waals surface area contributed by atoms with Gasteiger partial charge in [0.15, 0.2) is 5.78 Å². The normalized spacial score (nSPS) is 21.7. The fraction of sp³-hybridized carbons (Fsp3) is 0.467. The summed E-state index contributed by atoms with van der Waals surface area (Å²) in [4.78, 5) is 29.3. The zero-order chi connectivity index (χ0) is 25.3. The molecule has 0 aromatic heterocycles. The molecule has 0 saturated heterocycles. The number of methoxy groups -OCH3 is 1. The fourth-order valence-corrected chi connectivity index (χ4v) is 6.06. The van der Waals surface area contributed by atoms with Crippen LogP contribution in [0, 0.1) is 5.41 Å². The number of hydrogen-bond acceptors (Lipinski definition) is 5. The second kappa shape index (κ2) is 10.00. The first-order valence-electron chi connectivity index (χ1n) is 13.2. The van der Waals surface area contributed by atoms with Gasteiger partial charge in [-0.05, 0) is 54.5 Å². The predicted octanol–water partition coefficient (Wildman–Crippen LogP) is 5.76. The van der Waals surface area contributed by atoms with Gasteiger partial charge in [-0.2, -0.15) is 0 Å². The maximum Gasteiger partial charge on any atom is 0.239 e. The average Bonchev–Trinajstić information content (AvgIpc) is 2.98. The van der Waals surface area contributed by atoms with Crippen molar-refractivity contribution in [2.75, 3.05) is 23.9 Å². The second-order valence-corrected chi connectivity index (χ2v) is 11.2. The highest BCUT2D eigenvalue weighted by atomic mass is 16.5. The minimum absolute atomic E-state index is 0.00256. The highest BCUT2D eigenvalue weighted by molar-refractivity contribution is 6.02. The van der Waals surface area contributed by atoms with Gasteiger partial charge in [-0.25, -0.2) is 0 Å². The molecule has 1 heterocycles. The summed E-state index contributed by atoms with van der Waals surface area (Å²) in [6, 6.07) is 15.8. The van der Waals surface area contributed by atoms with E-state index in [9.17, 15) is 9.59 Å². The van der Waals surface area contributed by atoms with Gasteiger partial charge in [0.05, 0.1) is 31.1 Å². The number of para-hydroxylation sites is 2. The number of ether oxygens (including phenoxy) is 1. The molecule has 1 aliphatic heterocycles. The first-order valence-corrected chi connectivity index (χ1v) is 13.2. The van der Waals surface area contributed by atoms with Gasteiger partial charge in [-0.15, -0.1) is 0 Å². The van der Waals surface area contributed by atoms with E-state index in [2.05, 4.69) is 29.4 Å². The maximum atomic E-state index is 13.8. The quantitative estimate of drug-likeness (QED) is 0.561. The second-order valence-electron chi connectivity index (χ2n) is 11.2. The van der Waals surface area contributed by atoms with E-state index in [0.717, 1.165) is 66.1 Å². The summed E-state index contributed by atoms with van der Waals surface area (Å²) in [5.74, 6) is 0.861. The Balaban J connectivity index is 1.61. The topological polar surface area (TPSA) is 70.7 Å². The van der Waals surface area contributed by atoms with E-state index >= 15 is 0 Å². The van der Waals surface area contributed by atoms with Crippen molar-refractivity contribution in [3.63, 3.8) is 0 Å². The van der Waals surface area contributed by atoms with Crippen molar-refractivity contribution in [2.24, 2.45) is 5.41 Å². The summed E-state index contributed by atoms with van der Waals surface area (Å²) in [7, 11) is 1.65. The maximum absolute atomic E-state index is 13.8. The molecule has 2 N–H and O–H groups in total. The number of anilines is 2. The molecule has 0 spiro atoms. The van der Waals surface area contributed by atoms with Crippen molar-refractivity contribution in [3.8, 4) is 5.75 Å². The van der Waals surface area contributed by atoms with Crippen molar-refractivity contribution in [1.82, 2.24) is 5.32 Å². The van der Waals surface area contributed by atoms with E-state index in [0.29, 0.717) is 6.42 Å². The number of hydrogen-bond donors (Lipinski definition) is 2. The monoisotopic (exact) mass is 487 g/mol. The Morgan fingerprint density at radius 2 is 1.86 bits per heavy atom. The van der Waals surface area contributed by atoms with Gasteiger partial charge in [0.1, 0.15) is 5.75 Å². The zero-order valence-corrected chi connectivity index (χ0v) is 21.6. The third-order valence-electron chi connectivity index (χ3n) is 7.70. The molecule has 1 fully saturated rings. The number of fused-ring (bicyclic) bond motifs is 1. The number of Topliss-reactive ketones (excluding diaryl/α,β-unsaturated/α-hetero) is 1. The Bertz CT molecular complexity index is 1180. The van der Waals surface area contributed by atoms with Crippen LogP contribution >= 0.6 is 0 Å². The lowest BCUT2D eigenvalue weighted by Gasteiger charge is -2.38. The summed E-state index contributed by atoms with van der Waals surface area (Å²) in [5, 5.41) is 6.90. The Morgan fingerprint density at radius 1 is 1.08 bits per heavy atom. The fourth-order valence-electron chi connectivity index (χ4n) is 6.06. The molecule has 6 heteroatoms. The van der Waals surface area contributed by atoms with Gasteiger partial charge in [-0.1, -0.05) is 57.4 Å². The summed E-state index contributed by atoms with van der Waals surface area (Å²) in [6.07, 6.45) is 6.88. The van der Waals surface area contributed by atoms with Gasteiger partial charge < -0.3 is 20.3 Å². The van der Waals surface area contributed by atoms with Gasteiger partial charge in [0, 0.05) is 23.7 Å². The van der Waals surface area contributed by atoms with Crippen molar-refractivity contribution in [3.05, 3.63) is 65.4 Å². The Kier molecular flexibility index (Phi) is 6.78. The molecule has 1 atom stereocenters. The van der Waals surface area contributed by atoms with Crippen LogP contribution in [0.15, 0.2) is 59.8 Å². The lowest BCUT2D eigenvalue weighted by molar-refractivity contribution is -0.121. The molecule has 190 valence electrons. The SMILES string of the molecule is COc1cccc(C2C3=C(CC(C)(C)CC3=O)Nc3ccccc3N2CC(=O)NC2CCCCC2)c1. The van der Waals surface area contributed by atoms with Crippen LogP contribution < -0.4 is 20.3 Å². The van der Waals surface area contributed by atoms with Crippen molar-refractivity contribution in [2.45, 2.75) is 70.9 Å². The van der Waals surface area contributed by atoms with Crippen LogP contribution in [0.25, 0.3) is 0 Å². The number of allylic oxidation sites excluding steroid dienone is 1. The lowest BCUT2D eigenvalue weighted by atomic mass is 9.73. The molecule has 0 bridgehead atoms. The number of nitrogens with zero attached hydrogens (tertiary/aromatic N) is 1. The van der Waals surface area contributed by atoms with Crippen LogP contribution in [0.5, 0.6) is 5.75 Å². The molecular formula is C30H37N3O3. The van der Waals surface area contributed by atoms with Crippen LogP contribution in [0.4, 0.5) is 11.4 Å². The van der Waals surface area contributed by atoms with E-state index in [1.165, 1.54) is 6.42 Å². The third kappa shape index (κ3) is 4.99. The lowest BCUT2D eigenvalue weighted by Crippen LogP contribution is -2.45. The van der Waals surface area contributed by atoms with Crippen molar-refractivity contribution in [1.29, 1.82) is 0 Å². The standard InChI is InChI=1S/C30H37N3O3/c1-30(2)17-24-28(26(34)18-30)29(20-10-9-13-22(16-20)36-3)33(25-15-8-7-14-23(25)32-24)19-27(35)31-21-11-5-4-6-12-21/h7-10,13-16,21,29,32H,4-6,11-12,17-19H2,1-3H3,(H,31,35). The van der Waals surface area contributed by atoms with Crippen LogP contribution in [-0.2, 0) is 9.59 Å². The molecule has 6 nitrogen and oxygen atoms in total. The number of amides is 1. The highest BCUT2D eigenvalue weighted by Crippen LogP contribution is 2.48. The van der Waals surface area contributed by atoms with E-state index in [4.69, 9.17) is 4.74 Å². The summed E-state index contributed by atoms with van der Waals surface area (Å²) in [6.45, 7) is 4.46. The summed E-state index contributed by atoms with van der Waals surface area (Å²) < 4.78 is 5.54. The van der Waals surface area contributed by atoms with E-state index in [1.807, 2.05) is 48.5 Å². The van der Waals surface area contributed by atoms with Crippen molar-refractivity contribution >= 4 is 23.1 Å². The molecular weight excluding hydrogens is 450 g/mol. The predicted molar refractivity (Wildman–Crippen MR) is 143 cm³/mol. The van der Waals surface area contributed by atoms with Crippen LogP contribution in [0.2, 0.25) is 0 Å². The summed E-state index contributed by atoms with van der Waals surface area (Å²) >= 11 is 0. The smallest absolute Gasteiger partial charge is 0.239 e. The van der Waals surface area contributed by atoms with Crippen LogP contribution in [0.1, 0.15) is 70.4 Å². The molecule has 5 rings (SSSR count). The summed E-state index contributed by atoms with van der Waals surface area (Å²) in [5.41, 5.74) is 4.36. The van der Waals surface area contributed by atoms with Crippen LogP contribution in [0.3, 0.4) is 0 Å². The van der Waals surface area contributed by atoms with Gasteiger partial charge in [0.2, 0.25) is 5.91 Å². The average molecular weight is 488 g/mol. The number of benzene rings is 2. The molecule has 2 aliphatic carbocycles. The van der Waals surface area contributed by atoms with Gasteiger partial charge in [0.25, 0.3) is 0 Å². The van der Waals surface area contributed by atoms with Crippen LogP contribution in [-0.4, -0.2) is 31.4 Å². The zero-order valence-electron chi connectivity index (χ0n) is 21.6. The molecule has 36 heavy (non-hydrogen) atoms. The molecule has 0 radical (unpaired) electrons.